The molecule has 2 heterocycles. The van der Waals surface area contributed by atoms with Crippen molar-refractivity contribution < 1.29 is 9.21 Å². The van der Waals surface area contributed by atoms with Crippen LogP contribution < -0.4 is 0 Å². The lowest BCUT2D eigenvalue weighted by Crippen LogP contribution is -2.14. The topological polar surface area (TPSA) is 48.0 Å². The Balaban J connectivity index is 2.49. The van der Waals surface area contributed by atoms with Crippen LogP contribution in [-0.4, -0.2) is 15.6 Å². The van der Waals surface area contributed by atoms with Gasteiger partial charge in [0, 0.05) is 12.5 Å². The van der Waals surface area contributed by atoms with Gasteiger partial charge in [0.1, 0.15) is 11.5 Å². The zero-order valence-corrected chi connectivity index (χ0v) is 11.4. The number of nitrogens with zero attached hydrogens (tertiary/aromatic N) is 2. The maximum absolute atomic E-state index is 12.5. The second-order valence-electron chi connectivity index (χ2n) is 4.32. The van der Waals surface area contributed by atoms with Gasteiger partial charge in [-0.3, -0.25) is 9.48 Å². The van der Waals surface area contributed by atoms with E-state index in [1.165, 1.54) is 12.5 Å². The highest BCUT2D eigenvalue weighted by atomic mass is 35.5. The summed E-state index contributed by atoms with van der Waals surface area (Å²) in [6.45, 7) is 5.85. The van der Waals surface area contributed by atoms with E-state index in [4.69, 9.17) is 16.0 Å². The fraction of sp³-hybridized carbons (Fsp3) is 0.385. The summed E-state index contributed by atoms with van der Waals surface area (Å²) in [5.74, 6) is 0.532. The van der Waals surface area contributed by atoms with Gasteiger partial charge in [0.2, 0.25) is 5.78 Å². The zero-order chi connectivity index (χ0) is 13.3. The van der Waals surface area contributed by atoms with Crippen LogP contribution in [-0.2, 0) is 6.42 Å². The third-order valence-corrected chi connectivity index (χ3v) is 3.04. The van der Waals surface area contributed by atoms with Crippen molar-refractivity contribution in [3.05, 3.63) is 40.6 Å². The maximum Gasteiger partial charge on any atom is 0.216 e. The van der Waals surface area contributed by atoms with Gasteiger partial charge in [-0.2, -0.15) is 5.10 Å². The van der Waals surface area contributed by atoms with Crippen LogP contribution in [0.5, 0.6) is 0 Å². The Morgan fingerprint density at radius 1 is 1.56 bits per heavy atom. The van der Waals surface area contributed by atoms with Crippen molar-refractivity contribution in [1.29, 1.82) is 0 Å². The van der Waals surface area contributed by atoms with Gasteiger partial charge in [-0.15, -0.1) is 0 Å². The standard InChI is InChI=1S/C13H15ClN2O2/c1-4-11-9(5-6-18-11)13(17)12-10(14)7-15-16(12)8(2)3/h5-8H,4H2,1-3H3. The molecule has 96 valence electrons. The van der Waals surface area contributed by atoms with Crippen LogP contribution in [0.1, 0.15) is 48.6 Å². The number of hydrogen-bond donors (Lipinski definition) is 0. The highest BCUT2D eigenvalue weighted by molar-refractivity contribution is 6.34. The molecule has 0 radical (unpaired) electrons. The van der Waals surface area contributed by atoms with Crippen LogP contribution in [0, 0.1) is 0 Å². The van der Waals surface area contributed by atoms with Crippen LogP contribution in [0.15, 0.2) is 22.9 Å². The van der Waals surface area contributed by atoms with E-state index in [0.29, 0.717) is 28.5 Å². The fourth-order valence-corrected chi connectivity index (χ4v) is 2.11. The minimum absolute atomic E-state index is 0.0772. The van der Waals surface area contributed by atoms with Gasteiger partial charge in [-0.25, -0.2) is 0 Å². The van der Waals surface area contributed by atoms with Gasteiger partial charge in [0.25, 0.3) is 0 Å². The summed E-state index contributed by atoms with van der Waals surface area (Å²) in [6.07, 6.45) is 3.69. The molecule has 0 unspecified atom stereocenters. The summed E-state index contributed by atoms with van der Waals surface area (Å²) in [4.78, 5) is 12.5. The molecule has 0 aliphatic carbocycles. The molecular formula is C13H15ClN2O2. The molecule has 2 aromatic rings. The molecule has 0 spiro atoms. The molecule has 2 rings (SSSR count). The summed E-state index contributed by atoms with van der Waals surface area (Å²) in [6, 6.07) is 1.75. The second kappa shape index (κ2) is 4.98. The van der Waals surface area contributed by atoms with Crippen LogP contribution >= 0.6 is 11.6 Å². The van der Waals surface area contributed by atoms with Gasteiger partial charge in [-0.05, 0) is 19.9 Å². The Morgan fingerprint density at radius 2 is 2.28 bits per heavy atom. The smallest absolute Gasteiger partial charge is 0.216 e. The Hall–Kier alpha value is -1.55. The highest BCUT2D eigenvalue weighted by Crippen LogP contribution is 2.24. The van der Waals surface area contributed by atoms with Gasteiger partial charge < -0.3 is 4.42 Å². The lowest BCUT2D eigenvalue weighted by molar-refractivity contribution is 0.102. The summed E-state index contributed by atoms with van der Waals surface area (Å²) in [5, 5.41) is 4.51. The predicted octanol–water partition coefficient (Wildman–Crippen LogP) is 3.50. The van der Waals surface area contributed by atoms with Crippen LogP contribution in [0.4, 0.5) is 0 Å². The average molecular weight is 267 g/mol. The first-order valence-corrected chi connectivity index (χ1v) is 6.28. The molecule has 18 heavy (non-hydrogen) atoms. The quantitative estimate of drug-likeness (QED) is 0.796. The van der Waals surface area contributed by atoms with Gasteiger partial charge in [-0.1, -0.05) is 18.5 Å². The molecule has 0 aromatic carbocycles. The average Bonchev–Trinajstić information content (AvgIpc) is 2.93. The lowest BCUT2D eigenvalue weighted by Gasteiger charge is -2.10. The van der Waals surface area contributed by atoms with E-state index in [2.05, 4.69) is 5.10 Å². The zero-order valence-electron chi connectivity index (χ0n) is 10.6. The number of carbonyl (C=O) groups is 1. The van der Waals surface area contributed by atoms with E-state index in [1.54, 1.807) is 10.7 Å². The van der Waals surface area contributed by atoms with Crippen molar-refractivity contribution in [3.63, 3.8) is 0 Å². The van der Waals surface area contributed by atoms with E-state index in [9.17, 15) is 4.79 Å². The Morgan fingerprint density at radius 3 is 2.89 bits per heavy atom. The van der Waals surface area contributed by atoms with Crippen LogP contribution in [0.25, 0.3) is 0 Å². The van der Waals surface area contributed by atoms with Gasteiger partial charge in [0.05, 0.1) is 23.0 Å². The first kappa shape index (κ1) is 12.9. The summed E-state index contributed by atoms with van der Waals surface area (Å²) >= 11 is 6.06. The second-order valence-corrected chi connectivity index (χ2v) is 4.73. The Kier molecular flexibility index (Phi) is 3.57. The monoisotopic (exact) mass is 266 g/mol. The van der Waals surface area contributed by atoms with Crippen molar-refractivity contribution >= 4 is 17.4 Å². The van der Waals surface area contributed by atoms with Gasteiger partial charge in [0.15, 0.2) is 0 Å². The van der Waals surface area contributed by atoms with Crippen molar-refractivity contribution in [1.82, 2.24) is 9.78 Å². The van der Waals surface area contributed by atoms with Crippen molar-refractivity contribution in [2.24, 2.45) is 0 Å². The number of furan rings is 1. The number of ketones is 1. The third kappa shape index (κ3) is 2.08. The van der Waals surface area contributed by atoms with Crippen LogP contribution in [0.3, 0.4) is 0 Å². The molecule has 4 nitrogen and oxygen atoms in total. The molecule has 0 aliphatic rings. The molecule has 0 atom stereocenters. The predicted molar refractivity (Wildman–Crippen MR) is 69.1 cm³/mol. The molecule has 0 amide bonds. The molecule has 0 saturated heterocycles. The van der Waals surface area contributed by atoms with E-state index < -0.39 is 0 Å². The van der Waals surface area contributed by atoms with Crippen molar-refractivity contribution in [2.75, 3.05) is 0 Å². The Bertz CT molecular complexity index is 569. The SMILES string of the molecule is CCc1occc1C(=O)c1c(Cl)cnn1C(C)C. The van der Waals surface area contributed by atoms with Crippen molar-refractivity contribution in [2.45, 2.75) is 33.2 Å². The third-order valence-electron chi connectivity index (χ3n) is 2.77. The molecule has 5 heteroatoms. The van der Waals surface area contributed by atoms with Crippen molar-refractivity contribution in [3.8, 4) is 0 Å². The first-order valence-electron chi connectivity index (χ1n) is 5.90. The molecule has 0 bridgehead atoms. The maximum atomic E-state index is 12.5. The number of aromatic nitrogens is 2. The number of halogens is 1. The summed E-state index contributed by atoms with van der Waals surface area (Å²) in [5.41, 5.74) is 0.976. The minimum Gasteiger partial charge on any atom is -0.469 e. The molecular weight excluding hydrogens is 252 g/mol. The van der Waals surface area contributed by atoms with Crippen LogP contribution in [0.2, 0.25) is 5.02 Å². The number of rotatable bonds is 4. The number of aryl methyl sites for hydroxylation is 1. The molecule has 2 aromatic heterocycles. The molecule has 0 saturated carbocycles. The van der Waals surface area contributed by atoms with Gasteiger partial charge >= 0.3 is 0 Å². The number of carbonyl (C=O) groups excluding carboxylic acids is 1. The van der Waals surface area contributed by atoms with E-state index in [0.717, 1.165) is 0 Å². The molecule has 0 aliphatic heterocycles. The lowest BCUT2D eigenvalue weighted by atomic mass is 10.1. The summed E-state index contributed by atoms with van der Waals surface area (Å²) < 4.78 is 6.92. The first-order chi connectivity index (χ1) is 8.56. The van der Waals surface area contributed by atoms with E-state index in [-0.39, 0.29) is 11.8 Å². The molecule has 0 fully saturated rings. The van der Waals surface area contributed by atoms with E-state index >= 15 is 0 Å². The molecule has 0 N–H and O–H groups in total. The fourth-order valence-electron chi connectivity index (χ4n) is 1.89. The highest BCUT2D eigenvalue weighted by Gasteiger charge is 2.23. The normalized spacial score (nSPS) is 11.2. The number of hydrogen-bond acceptors (Lipinski definition) is 3. The summed E-state index contributed by atoms with van der Waals surface area (Å²) in [7, 11) is 0. The van der Waals surface area contributed by atoms with E-state index in [1.807, 2.05) is 20.8 Å². The Labute approximate surface area is 111 Å². The minimum atomic E-state index is -0.142. The largest absolute Gasteiger partial charge is 0.469 e.